The molecule has 1 unspecified atom stereocenters. The van der Waals surface area contributed by atoms with Gasteiger partial charge in [-0.3, -0.25) is 0 Å². The van der Waals surface area contributed by atoms with E-state index in [1.165, 1.54) is 116 Å². The Morgan fingerprint density at radius 2 is 0.745 bits per heavy atom. The molecule has 16 aromatic rings. The van der Waals surface area contributed by atoms with Gasteiger partial charge in [0.05, 0.1) is 21.9 Å². The van der Waals surface area contributed by atoms with Crippen molar-refractivity contribution in [3.8, 4) is 50.2 Å². The van der Waals surface area contributed by atoms with E-state index in [9.17, 15) is 0 Å². The normalized spacial score (nSPS) is 15.6. The summed E-state index contributed by atoms with van der Waals surface area (Å²) in [6, 6.07) is 125. The SMILES string of the molecule is C=C1/C=C\C=C/Cc2ccccc2C12c1ccccc1-c1ccc(N(c3ccccc3)c3cc(-c4ccc5c(c4)c4c6ccccc6c6ccccc6c4n5-c4ccccc4)cc(N(c4ccccc4)c4ccc5c(c4)C4(c6ccccc6-c6ccccc64)c4ccccc4-5)c3)cc12. The number of hydrogen-bond acceptors (Lipinski definition) is 2. The van der Waals surface area contributed by atoms with Gasteiger partial charge in [-0.25, -0.2) is 0 Å². The van der Waals surface area contributed by atoms with E-state index in [4.69, 9.17) is 6.58 Å². The topological polar surface area (TPSA) is 11.4 Å². The minimum Gasteiger partial charge on any atom is -0.310 e. The first-order valence-electron chi connectivity index (χ1n) is 34.1. The second-order valence-corrected chi connectivity index (χ2v) is 26.6. The predicted octanol–water partition coefficient (Wildman–Crippen LogP) is 24.6. The van der Waals surface area contributed by atoms with Crippen LogP contribution >= 0.6 is 0 Å². The summed E-state index contributed by atoms with van der Waals surface area (Å²) in [5.74, 6) is 0. The van der Waals surface area contributed by atoms with E-state index >= 15 is 0 Å². The summed E-state index contributed by atoms with van der Waals surface area (Å²) in [5, 5.41) is 7.37. The van der Waals surface area contributed by atoms with Crippen molar-refractivity contribution >= 4 is 77.5 Å². The number of para-hydroxylation sites is 3. The van der Waals surface area contributed by atoms with E-state index in [1.54, 1.807) is 0 Å². The molecule has 4 aliphatic rings. The third-order valence-corrected chi connectivity index (χ3v) is 21.7. The summed E-state index contributed by atoms with van der Waals surface area (Å²) in [7, 11) is 0. The van der Waals surface area contributed by atoms with Gasteiger partial charge in [-0.15, -0.1) is 0 Å². The van der Waals surface area contributed by atoms with Crippen molar-refractivity contribution in [3.05, 3.63) is 415 Å². The highest BCUT2D eigenvalue weighted by molar-refractivity contribution is 6.32. The Balaban J connectivity index is 0.872. The fourth-order valence-corrected chi connectivity index (χ4v) is 17.8. The molecule has 2 spiro atoms. The summed E-state index contributed by atoms with van der Waals surface area (Å²) in [6.45, 7) is 5.04. The van der Waals surface area contributed by atoms with Gasteiger partial charge in [0.15, 0.2) is 0 Å². The summed E-state index contributed by atoms with van der Waals surface area (Å²) in [4.78, 5) is 5.00. The standard InChI is InChI=1S/C95H63N3/c1-62-28-6-2-7-29-63-30-14-23-45-84(63)94(62)85-46-24-19-41-77(85)79-53-51-69(60-89(79)94)96(66-31-8-3-9-32-66)71-56-65(64-50-55-91-83(58-64)92-81-43-17-15-37-73(81)74-38-16-18-44-82(74)93(92)98(91)68-35-12-5-13-36-68)57-72(59-71)97(67-33-10-4-11-34-67)70-52-54-80-78-42-22-27-49-88(78)95(90(80)61-70)86-47-25-20-39-75(86)76-40-21-26-48-87(76)95/h2-28,30-61H,1,29H2/b7-2-,28-6-. The predicted molar refractivity (Wildman–Crippen MR) is 410 cm³/mol. The number of hydrogen-bond donors (Lipinski definition) is 0. The molecule has 0 aliphatic heterocycles. The lowest BCUT2D eigenvalue weighted by atomic mass is 9.66. The van der Waals surface area contributed by atoms with E-state index in [0.717, 1.165) is 68.4 Å². The fourth-order valence-electron chi connectivity index (χ4n) is 17.8. The van der Waals surface area contributed by atoms with Gasteiger partial charge in [0.2, 0.25) is 0 Å². The fraction of sp³-hybridized carbons (Fsp3) is 0.0316. The third kappa shape index (κ3) is 7.93. The first-order valence-corrected chi connectivity index (χ1v) is 34.1. The van der Waals surface area contributed by atoms with E-state index in [0.29, 0.717) is 0 Å². The van der Waals surface area contributed by atoms with Crippen molar-refractivity contribution in [2.24, 2.45) is 0 Å². The molecule has 0 fully saturated rings. The van der Waals surface area contributed by atoms with Crippen molar-refractivity contribution < 1.29 is 0 Å². The van der Waals surface area contributed by atoms with Gasteiger partial charge in [-0.05, 0) is 208 Å². The third-order valence-electron chi connectivity index (χ3n) is 21.7. The number of aromatic nitrogens is 1. The highest BCUT2D eigenvalue weighted by atomic mass is 15.2. The minimum absolute atomic E-state index is 0.545. The van der Waals surface area contributed by atoms with Crippen LogP contribution in [0.4, 0.5) is 34.1 Å². The van der Waals surface area contributed by atoms with Crippen LogP contribution in [-0.4, -0.2) is 4.57 Å². The van der Waals surface area contributed by atoms with Gasteiger partial charge in [-0.2, -0.15) is 0 Å². The molecule has 0 radical (unpaired) electrons. The van der Waals surface area contributed by atoms with Crippen molar-refractivity contribution in [3.63, 3.8) is 0 Å². The second-order valence-electron chi connectivity index (χ2n) is 26.6. The molecular formula is C95H63N3. The highest BCUT2D eigenvalue weighted by Crippen LogP contribution is 2.64. The molecule has 0 N–H and O–H groups in total. The lowest BCUT2D eigenvalue weighted by Gasteiger charge is -2.36. The zero-order chi connectivity index (χ0) is 64.6. The Kier molecular flexibility index (Phi) is 12.4. The van der Waals surface area contributed by atoms with Gasteiger partial charge in [0.1, 0.15) is 0 Å². The van der Waals surface area contributed by atoms with Crippen LogP contribution in [0.5, 0.6) is 0 Å². The Bertz CT molecular complexity index is 6000. The van der Waals surface area contributed by atoms with Crippen molar-refractivity contribution in [2.45, 2.75) is 17.3 Å². The minimum atomic E-state index is -0.685. The van der Waals surface area contributed by atoms with E-state index < -0.39 is 10.8 Å². The van der Waals surface area contributed by atoms with Crippen molar-refractivity contribution in [2.75, 3.05) is 9.80 Å². The second kappa shape index (κ2) is 21.7. The molecule has 3 nitrogen and oxygen atoms in total. The molecule has 20 rings (SSSR count). The molecule has 1 aromatic heterocycles. The summed E-state index contributed by atoms with van der Waals surface area (Å²) >= 11 is 0. The quantitative estimate of drug-likeness (QED) is 0.141. The first-order chi connectivity index (χ1) is 48.6. The summed E-state index contributed by atoms with van der Waals surface area (Å²) < 4.78 is 2.50. The summed E-state index contributed by atoms with van der Waals surface area (Å²) in [6.07, 6.45) is 9.67. The molecule has 1 atom stereocenters. The number of nitrogens with zero attached hydrogens (tertiary/aromatic N) is 3. The number of fused-ring (bicyclic) bond motifs is 25. The molecule has 4 aliphatic carbocycles. The maximum absolute atomic E-state index is 5.04. The lowest BCUT2D eigenvalue weighted by Crippen LogP contribution is -2.30. The van der Waals surface area contributed by atoms with E-state index in [2.05, 4.69) is 372 Å². The Morgan fingerprint density at radius 3 is 1.32 bits per heavy atom. The molecule has 0 saturated carbocycles. The zero-order valence-corrected chi connectivity index (χ0v) is 53.8. The number of rotatable bonds is 8. The lowest BCUT2D eigenvalue weighted by molar-refractivity contribution is 0.760. The van der Waals surface area contributed by atoms with Gasteiger partial charge in [0, 0.05) is 56.0 Å². The zero-order valence-electron chi connectivity index (χ0n) is 53.8. The van der Waals surface area contributed by atoms with Crippen LogP contribution in [0, 0.1) is 0 Å². The van der Waals surface area contributed by atoms with Crippen molar-refractivity contribution in [1.82, 2.24) is 4.57 Å². The average Bonchev–Trinajstić information content (AvgIpc) is 1.52. The molecule has 1 heterocycles. The average molecular weight is 1250 g/mol. The van der Waals surface area contributed by atoms with Gasteiger partial charge >= 0.3 is 0 Å². The van der Waals surface area contributed by atoms with Crippen molar-refractivity contribution in [1.29, 1.82) is 0 Å². The van der Waals surface area contributed by atoms with Gasteiger partial charge in [0.25, 0.3) is 0 Å². The Morgan fingerprint density at radius 1 is 0.296 bits per heavy atom. The molecule has 458 valence electrons. The molecule has 98 heavy (non-hydrogen) atoms. The van der Waals surface area contributed by atoms with E-state index in [1.807, 2.05) is 0 Å². The highest BCUT2D eigenvalue weighted by Gasteiger charge is 2.52. The maximum atomic E-state index is 5.04. The number of allylic oxidation sites excluding steroid dienone is 5. The van der Waals surface area contributed by atoms with Crippen LogP contribution in [-0.2, 0) is 17.3 Å². The molecule has 0 amide bonds. The van der Waals surface area contributed by atoms with Crippen LogP contribution in [0.2, 0.25) is 0 Å². The van der Waals surface area contributed by atoms with Gasteiger partial charge < -0.3 is 14.4 Å². The molecule has 3 heteroatoms. The summed E-state index contributed by atoms with van der Waals surface area (Å²) in [5.41, 5.74) is 29.5. The molecule has 0 bridgehead atoms. The number of benzene rings is 15. The largest absolute Gasteiger partial charge is 0.310 e. The molecule has 0 saturated heterocycles. The van der Waals surface area contributed by atoms with Gasteiger partial charge in [-0.1, -0.05) is 274 Å². The Hall–Kier alpha value is -12.6. The van der Waals surface area contributed by atoms with Crippen LogP contribution in [0.3, 0.4) is 0 Å². The van der Waals surface area contributed by atoms with Crippen LogP contribution < -0.4 is 9.80 Å². The monoisotopic (exact) mass is 1250 g/mol. The maximum Gasteiger partial charge on any atom is 0.0726 e. The van der Waals surface area contributed by atoms with E-state index in [-0.39, 0.29) is 0 Å². The molecular weight excluding hydrogens is 1180 g/mol. The van der Waals surface area contributed by atoms with Crippen LogP contribution in [0.1, 0.15) is 44.5 Å². The Labute approximate surface area is 570 Å². The number of anilines is 6. The van der Waals surface area contributed by atoms with Crippen LogP contribution in [0.25, 0.3) is 93.5 Å². The smallest absolute Gasteiger partial charge is 0.0726 e. The molecule has 15 aromatic carbocycles. The van der Waals surface area contributed by atoms with Crippen LogP contribution in [0.15, 0.2) is 370 Å². The first kappa shape index (κ1) is 55.9.